The second-order valence-corrected chi connectivity index (χ2v) is 8.88. The number of halogens is 3. The fourth-order valence-corrected chi connectivity index (χ4v) is 5.02. The van der Waals surface area contributed by atoms with Gasteiger partial charge in [0.05, 0.1) is 4.34 Å². The first-order valence-corrected chi connectivity index (χ1v) is 10.3. The normalized spacial score (nSPS) is 18.0. The third-order valence-electron chi connectivity index (χ3n) is 4.91. The van der Waals surface area contributed by atoms with Crippen LogP contribution in [0.25, 0.3) is 5.70 Å². The van der Waals surface area contributed by atoms with Gasteiger partial charge in [0.25, 0.3) is 0 Å². The molecule has 1 aliphatic heterocycles. The number of aliphatic hydroxyl groups excluding tert-OH is 1. The van der Waals surface area contributed by atoms with Crippen LogP contribution in [0.3, 0.4) is 0 Å². The van der Waals surface area contributed by atoms with Crippen LogP contribution in [0.15, 0.2) is 60.4 Å². The zero-order chi connectivity index (χ0) is 19.8. The molecule has 0 spiro atoms. The van der Waals surface area contributed by atoms with Crippen LogP contribution in [0.4, 0.5) is 4.39 Å². The van der Waals surface area contributed by atoms with Crippen molar-refractivity contribution in [3.05, 3.63) is 91.6 Å². The molecule has 0 amide bonds. The number of aliphatic hydroxyl groups is 1. The lowest BCUT2D eigenvalue weighted by Gasteiger charge is -2.20. The van der Waals surface area contributed by atoms with Gasteiger partial charge in [-0.2, -0.15) is 0 Å². The van der Waals surface area contributed by atoms with Crippen LogP contribution < -0.4 is 0 Å². The van der Waals surface area contributed by atoms with Crippen molar-refractivity contribution in [2.24, 2.45) is 0 Å². The van der Waals surface area contributed by atoms with E-state index in [1.54, 1.807) is 30.6 Å². The summed E-state index contributed by atoms with van der Waals surface area (Å²) in [6.45, 7) is 0.612. The molecular weight excluding hydrogens is 418 g/mol. The molecule has 1 aliphatic rings. The summed E-state index contributed by atoms with van der Waals surface area (Å²) in [6.07, 6.45) is 2.36. The Kier molecular flexibility index (Phi) is 5.43. The van der Waals surface area contributed by atoms with Crippen molar-refractivity contribution < 1.29 is 9.50 Å². The molecule has 0 aliphatic carbocycles. The monoisotopic (exact) mass is 434 g/mol. The van der Waals surface area contributed by atoms with Gasteiger partial charge < -0.3 is 10.0 Å². The number of nitrogens with zero attached hydrogens (tertiary/aromatic N) is 2. The first-order chi connectivity index (χ1) is 13.5. The van der Waals surface area contributed by atoms with Crippen LogP contribution >= 0.6 is 34.5 Å². The molecule has 2 unspecified atom stereocenters. The van der Waals surface area contributed by atoms with Gasteiger partial charge in [-0.15, -0.1) is 11.3 Å². The fraction of sp³-hybridized carbons (Fsp3) is 0.190. The van der Waals surface area contributed by atoms with Gasteiger partial charge in [0.1, 0.15) is 11.9 Å². The number of rotatable bonds is 4. The molecule has 144 valence electrons. The summed E-state index contributed by atoms with van der Waals surface area (Å²) >= 11 is 13.6. The summed E-state index contributed by atoms with van der Waals surface area (Å²) in [5.74, 6) is -0.530. The molecule has 4 rings (SSSR count). The molecule has 0 saturated carbocycles. The van der Waals surface area contributed by atoms with E-state index in [-0.39, 0.29) is 5.92 Å². The second-order valence-electron chi connectivity index (χ2n) is 6.69. The van der Waals surface area contributed by atoms with E-state index < -0.39 is 11.9 Å². The van der Waals surface area contributed by atoms with E-state index in [4.69, 9.17) is 23.2 Å². The van der Waals surface area contributed by atoms with Crippen molar-refractivity contribution in [3.63, 3.8) is 0 Å². The van der Waals surface area contributed by atoms with Gasteiger partial charge in [-0.1, -0.05) is 29.3 Å². The highest BCUT2D eigenvalue weighted by Gasteiger charge is 2.37. The van der Waals surface area contributed by atoms with Crippen molar-refractivity contribution in [2.75, 3.05) is 13.6 Å². The van der Waals surface area contributed by atoms with E-state index in [1.165, 1.54) is 17.4 Å². The Bertz CT molecular complexity index is 1040. The Morgan fingerprint density at radius 3 is 2.71 bits per heavy atom. The number of pyridine rings is 1. The predicted molar refractivity (Wildman–Crippen MR) is 112 cm³/mol. The van der Waals surface area contributed by atoms with Gasteiger partial charge >= 0.3 is 0 Å². The van der Waals surface area contributed by atoms with Crippen molar-refractivity contribution in [3.8, 4) is 0 Å². The van der Waals surface area contributed by atoms with Crippen molar-refractivity contribution >= 4 is 40.2 Å². The Labute approximate surface area is 176 Å². The number of thiophene rings is 1. The molecule has 3 nitrogen and oxygen atoms in total. The fourth-order valence-electron chi connectivity index (χ4n) is 3.69. The number of hydrogen-bond acceptors (Lipinski definition) is 4. The highest BCUT2D eigenvalue weighted by molar-refractivity contribution is 7.16. The standard InChI is InChI=1S/C21H17Cl2FN2OS/c1-26-11-15(17-6-7-18(23)28-17)19(21(27)12-3-2-8-25-10-12)20(26)14-5-4-13(22)9-16(14)24/h2-10,15,21,27H,11H2,1H3. The molecule has 0 fully saturated rings. The molecule has 1 aromatic carbocycles. The highest BCUT2D eigenvalue weighted by Crippen LogP contribution is 2.48. The smallest absolute Gasteiger partial charge is 0.133 e. The number of benzene rings is 1. The summed E-state index contributed by atoms with van der Waals surface area (Å²) in [6, 6.07) is 12.0. The zero-order valence-electron chi connectivity index (χ0n) is 14.9. The summed E-state index contributed by atoms with van der Waals surface area (Å²) in [7, 11) is 1.90. The minimum Gasteiger partial charge on any atom is -0.384 e. The lowest BCUT2D eigenvalue weighted by molar-refractivity contribution is 0.210. The topological polar surface area (TPSA) is 36.4 Å². The van der Waals surface area contributed by atoms with Crippen molar-refractivity contribution in [1.29, 1.82) is 0 Å². The van der Waals surface area contributed by atoms with Crippen LogP contribution in [0.1, 0.15) is 28.0 Å². The Balaban J connectivity index is 1.91. The summed E-state index contributed by atoms with van der Waals surface area (Å²) in [4.78, 5) is 7.12. The van der Waals surface area contributed by atoms with Crippen LogP contribution in [0.2, 0.25) is 9.36 Å². The maximum absolute atomic E-state index is 14.8. The van der Waals surface area contributed by atoms with Crippen LogP contribution in [0.5, 0.6) is 0 Å². The SMILES string of the molecule is CN1CC(c2ccc(Cl)s2)C(C(O)c2cccnc2)=C1c1ccc(Cl)cc1F. The van der Waals surface area contributed by atoms with Gasteiger partial charge in [0.15, 0.2) is 0 Å². The van der Waals surface area contributed by atoms with E-state index >= 15 is 0 Å². The average Bonchev–Trinajstić information content (AvgIpc) is 3.25. The third kappa shape index (κ3) is 3.55. The summed E-state index contributed by atoms with van der Waals surface area (Å²) < 4.78 is 15.5. The summed E-state index contributed by atoms with van der Waals surface area (Å²) in [5.41, 5.74) is 2.47. The predicted octanol–water partition coefficient (Wildman–Crippen LogP) is 5.76. The van der Waals surface area contributed by atoms with Gasteiger partial charge in [-0.25, -0.2) is 4.39 Å². The molecule has 2 aromatic heterocycles. The van der Waals surface area contributed by atoms with Gasteiger partial charge in [0, 0.05) is 58.6 Å². The molecule has 28 heavy (non-hydrogen) atoms. The van der Waals surface area contributed by atoms with Crippen molar-refractivity contribution in [1.82, 2.24) is 9.88 Å². The molecule has 3 aromatic rings. The molecule has 1 N–H and O–H groups in total. The van der Waals surface area contributed by atoms with Crippen LogP contribution in [0, 0.1) is 5.82 Å². The first kappa shape index (κ1) is 19.4. The highest BCUT2D eigenvalue weighted by atomic mass is 35.5. The largest absolute Gasteiger partial charge is 0.384 e. The third-order valence-corrected chi connectivity index (χ3v) is 6.49. The second kappa shape index (κ2) is 7.84. The van der Waals surface area contributed by atoms with Gasteiger partial charge in [-0.3, -0.25) is 4.98 Å². The zero-order valence-corrected chi connectivity index (χ0v) is 17.3. The number of aromatic nitrogens is 1. The minimum atomic E-state index is -0.922. The molecular formula is C21H17Cl2FN2OS. The lowest BCUT2D eigenvalue weighted by atomic mass is 9.89. The van der Waals surface area contributed by atoms with Crippen LogP contribution in [-0.4, -0.2) is 28.6 Å². The number of hydrogen-bond donors (Lipinski definition) is 1. The molecule has 0 saturated heterocycles. The Morgan fingerprint density at radius 2 is 2.07 bits per heavy atom. The average molecular weight is 435 g/mol. The van der Waals surface area contributed by atoms with Gasteiger partial charge in [-0.05, 0) is 42.0 Å². The van der Waals surface area contributed by atoms with E-state index in [0.717, 1.165) is 10.5 Å². The van der Waals surface area contributed by atoms with E-state index in [9.17, 15) is 9.50 Å². The van der Waals surface area contributed by atoms with E-state index in [2.05, 4.69) is 4.98 Å². The maximum atomic E-state index is 14.8. The molecule has 2 atom stereocenters. The Morgan fingerprint density at radius 1 is 1.25 bits per heavy atom. The quantitative estimate of drug-likeness (QED) is 0.566. The maximum Gasteiger partial charge on any atom is 0.133 e. The molecule has 0 radical (unpaired) electrons. The molecule has 3 heterocycles. The lowest BCUT2D eigenvalue weighted by Crippen LogP contribution is -2.15. The van der Waals surface area contributed by atoms with E-state index in [1.807, 2.05) is 30.1 Å². The van der Waals surface area contributed by atoms with Crippen LogP contribution in [-0.2, 0) is 0 Å². The molecule has 7 heteroatoms. The summed E-state index contributed by atoms with van der Waals surface area (Å²) in [5, 5.41) is 11.6. The van der Waals surface area contributed by atoms with Crippen molar-refractivity contribution in [2.45, 2.75) is 12.0 Å². The first-order valence-electron chi connectivity index (χ1n) is 8.69. The molecule has 0 bridgehead atoms. The van der Waals surface area contributed by atoms with Gasteiger partial charge in [0.2, 0.25) is 0 Å². The Hall–Kier alpha value is -1.92. The minimum absolute atomic E-state index is 0.109. The number of likely N-dealkylation sites (N-methyl/N-ethyl adjacent to an activating group) is 1. The van der Waals surface area contributed by atoms with E-state index in [0.29, 0.717) is 32.7 Å².